The molecule has 0 bridgehead atoms. The molecule has 0 aliphatic carbocycles. The average molecular weight is 741 g/mol. The fourth-order valence-electron chi connectivity index (χ4n) is 8.73. The summed E-state index contributed by atoms with van der Waals surface area (Å²) in [7, 11) is 0. The maximum atomic E-state index is 6.39. The van der Waals surface area contributed by atoms with E-state index in [4.69, 9.17) is 19.4 Å². The third kappa shape index (κ3) is 5.07. The summed E-state index contributed by atoms with van der Waals surface area (Å²) in [6, 6.07) is 67.7. The van der Waals surface area contributed by atoms with Gasteiger partial charge in [-0.1, -0.05) is 133 Å². The van der Waals surface area contributed by atoms with E-state index in [1.807, 2.05) is 36.4 Å². The maximum absolute atomic E-state index is 6.39. The molecule has 0 unspecified atom stereocenters. The van der Waals surface area contributed by atoms with Crippen molar-refractivity contribution in [2.75, 3.05) is 0 Å². The maximum Gasteiger partial charge on any atom is 0.160 e. The third-order valence-electron chi connectivity index (χ3n) is 11.4. The Bertz CT molecular complexity index is 3550. The van der Waals surface area contributed by atoms with E-state index < -0.39 is 0 Å². The first-order chi connectivity index (χ1) is 28.7. The van der Waals surface area contributed by atoms with Crippen molar-refractivity contribution in [3.8, 4) is 50.8 Å². The van der Waals surface area contributed by atoms with Crippen molar-refractivity contribution in [2.45, 2.75) is 0 Å². The summed E-state index contributed by atoms with van der Waals surface area (Å²) in [6.45, 7) is 0. The fourth-order valence-corrected chi connectivity index (χ4v) is 8.73. The Morgan fingerprint density at radius 1 is 0.362 bits per heavy atom. The summed E-state index contributed by atoms with van der Waals surface area (Å²) in [4.78, 5) is 15.9. The summed E-state index contributed by atoms with van der Waals surface area (Å²) in [5, 5.41) is 7.85. The Balaban J connectivity index is 1.09. The van der Waals surface area contributed by atoms with Crippen LogP contribution in [0.2, 0.25) is 0 Å². The van der Waals surface area contributed by atoms with Gasteiger partial charge in [0, 0.05) is 65.6 Å². The van der Waals surface area contributed by atoms with Crippen molar-refractivity contribution >= 4 is 65.4 Å². The number of nitrogens with zero attached hydrogens (tertiary/aromatic N) is 4. The first-order valence-corrected chi connectivity index (χ1v) is 19.5. The predicted octanol–water partition coefficient (Wildman–Crippen LogP) is 13.8. The normalized spacial score (nSPS) is 11.8. The molecule has 0 fully saturated rings. The minimum atomic E-state index is 0.669. The summed E-state index contributed by atoms with van der Waals surface area (Å²) >= 11 is 0. The van der Waals surface area contributed by atoms with Crippen LogP contribution in [0.15, 0.2) is 199 Å². The Morgan fingerprint density at radius 2 is 0.983 bits per heavy atom. The Kier molecular flexibility index (Phi) is 7.16. The van der Waals surface area contributed by atoms with Gasteiger partial charge in [-0.05, 0) is 60.7 Å². The quantitative estimate of drug-likeness (QED) is 0.165. The number of pyridine rings is 1. The molecule has 0 aliphatic heterocycles. The lowest BCUT2D eigenvalue weighted by Gasteiger charge is -2.13. The van der Waals surface area contributed by atoms with Crippen molar-refractivity contribution in [1.82, 2.24) is 19.5 Å². The molecular weight excluding hydrogens is 709 g/mol. The van der Waals surface area contributed by atoms with Crippen molar-refractivity contribution < 1.29 is 4.42 Å². The average Bonchev–Trinajstić information content (AvgIpc) is 3.85. The van der Waals surface area contributed by atoms with Crippen LogP contribution in [0.4, 0.5) is 0 Å². The van der Waals surface area contributed by atoms with Crippen LogP contribution < -0.4 is 0 Å². The molecule has 0 atom stereocenters. The van der Waals surface area contributed by atoms with Crippen LogP contribution in [0.3, 0.4) is 0 Å². The van der Waals surface area contributed by atoms with Gasteiger partial charge >= 0.3 is 0 Å². The largest absolute Gasteiger partial charge is 0.456 e. The van der Waals surface area contributed by atoms with Crippen LogP contribution in [0, 0.1) is 0 Å². The molecule has 12 rings (SSSR count). The number of hydrogen-bond acceptors (Lipinski definition) is 4. The van der Waals surface area contributed by atoms with Gasteiger partial charge in [0.25, 0.3) is 0 Å². The van der Waals surface area contributed by atoms with Gasteiger partial charge in [-0.3, -0.25) is 0 Å². The second kappa shape index (κ2) is 12.8. The van der Waals surface area contributed by atoms with Crippen molar-refractivity contribution in [2.24, 2.45) is 0 Å². The number of para-hydroxylation sites is 3. The fraction of sp³-hybridized carbons (Fsp3) is 0. The summed E-state index contributed by atoms with van der Waals surface area (Å²) < 4.78 is 8.73. The van der Waals surface area contributed by atoms with Crippen LogP contribution >= 0.6 is 0 Å². The number of rotatable bonds is 5. The van der Waals surface area contributed by atoms with Gasteiger partial charge in [-0.15, -0.1) is 0 Å². The van der Waals surface area contributed by atoms with Gasteiger partial charge in [0.1, 0.15) is 11.2 Å². The van der Waals surface area contributed by atoms with E-state index in [9.17, 15) is 0 Å². The van der Waals surface area contributed by atoms with Crippen LogP contribution in [-0.2, 0) is 0 Å². The number of fused-ring (bicyclic) bond motifs is 10. The van der Waals surface area contributed by atoms with Crippen LogP contribution in [-0.4, -0.2) is 19.5 Å². The van der Waals surface area contributed by atoms with Crippen LogP contribution in [0.5, 0.6) is 0 Å². The van der Waals surface area contributed by atoms with E-state index in [1.54, 1.807) is 0 Å². The second-order valence-corrected chi connectivity index (χ2v) is 14.8. The Hall–Kier alpha value is -7.89. The van der Waals surface area contributed by atoms with E-state index in [1.165, 1.54) is 16.3 Å². The number of benzene rings is 8. The van der Waals surface area contributed by atoms with Crippen molar-refractivity contribution in [1.29, 1.82) is 0 Å². The number of aromatic nitrogens is 4. The van der Waals surface area contributed by atoms with E-state index in [0.29, 0.717) is 5.82 Å². The SMILES string of the molecule is c1ccc(-c2nc(-c3ccc4c(c3)nc(-c3ccccc3)c3ccc5oc6ccccc6c5c34)cc(-c3ccc4c(c3)c3ccccc3n4-c3ccccc3)n2)cc1. The standard InChI is InChI=1S/C53H32N4O/c1-4-14-33(15-5-1)52-41-27-29-49-51(40-21-11-13-23-48(40)58-49)50(41)39-26-24-36(31-45(39)54-52)44-32-43(55-53(56-44)34-16-6-2-7-17-34)35-25-28-47-42(30-35)38-20-10-12-22-46(38)57(47)37-18-8-3-9-19-37/h1-32H. The molecular formula is C53H32N4O. The highest BCUT2D eigenvalue weighted by atomic mass is 16.3. The van der Waals surface area contributed by atoms with Crippen molar-refractivity contribution in [3.05, 3.63) is 194 Å². The van der Waals surface area contributed by atoms with Crippen LogP contribution in [0.25, 0.3) is 116 Å². The van der Waals surface area contributed by atoms with E-state index in [0.717, 1.165) is 94.2 Å². The second-order valence-electron chi connectivity index (χ2n) is 14.8. The lowest BCUT2D eigenvalue weighted by Crippen LogP contribution is -1.97. The van der Waals surface area contributed by atoms with E-state index in [-0.39, 0.29) is 0 Å². The molecule has 270 valence electrons. The molecule has 5 heteroatoms. The summed E-state index contributed by atoms with van der Waals surface area (Å²) in [5.74, 6) is 0.669. The minimum absolute atomic E-state index is 0.669. The van der Waals surface area contributed by atoms with Gasteiger partial charge in [0.05, 0.1) is 33.6 Å². The molecule has 12 aromatic rings. The lowest BCUT2D eigenvalue weighted by atomic mass is 9.95. The first kappa shape index (κ1) is 32.4. The Labute approximate surface area is 333 Å². The van der Waals surface area contributed by atoms with Gasteiger partial charge < -0.3 is 8.98 Å². The smallest absolute Gasteiger partial charge is 0.160 e. The molecule has 5 nitrogen and oxygen atoms in total. The molecule has 0 radical (unpaired) electrons. The number of furan rings is 1. The van der Waals surface area contributed by atoms with E-state index >= 15 is 0 Å². The summed E-state index contributed by atoms with van der Waals surface area (Å²) in [6.07, 6.45) is 0. The zero-order valence-corrected chi connectivity index (χ0v) is 31.2. The van der Waals surface area contributed by atoms with E-state index in [2.05, 4.69) is 162 Å². The highest BCUT2D eigenvalue weighted by Gasteiger charge is 2.20. The molecule has 0 aliphatic rings. The monoisotopic (exact) mass is 740 g/mol. The van der Waals surface area contributed by atoms with Gasteiger partial charge in [-0.25, -0.2) is 15.0 Å². The number of hydrogen-bond donors (Lipinski definition) is 0. The minimum Gasteiger partial charge on any atom is -0.456 e. The molecule has 0 N–H and O–H groups in total. The topological polar surface area (TPSA) is 56.7 Å². The first-order valence-electron chi connectivity index (χ1n) is 19.5. The van der Waals surface area contributed by atoms with Gasteiger partial charge in [0.15, 0.2) is 5.82 Å². The molecule has 0 spiro atoms. The molecule has 4 aromatic heterocycles. The highest BCUT2D eigenvalue weighted by molar-refractivity contribution is 6.28. The van der Waals surface area contributed by atoms with Gasteiger partial charge in [0.2, 0.25) is 0 Å². The molecule has 58 heavy (non-hydrogen) atoms. The van der Waals surface area contributed by atoms with Crippen molar-refractivity contribution in [3.63, 3.8) is 0 Å². The molecule has 0 saturated heterocycles. The molecule has 8 aromatic carbocycles. The third-order valence-corrected chi connectivity index (χ3v) is 11.4. The highest BCUT2D eigenvalue weighted by Crippen LogP contribution is 2.42. The van der Waals surface area contributed by atoms with Gasteiger partial charge in [-0.2, -0.15) is 0 Å². The zero-order valence-electron chi connectivity index (χ0n) is 31.2. The molecule has 4 heterocycles. The van der Waals surface area contributed by atoms with Crippen LogP contribution in [0.1, 0.15) is 0 Å². The zero-order chi connectivity index (χ0) is 38.2. The summed E-state index contributed by atoms with van der Waals surface area (Å²) in [5.41, 5.74) is 12.7. The molecule has 0 amide bonds. The molecule has 0 saturated carbocycles. The Morgan fingerprint density at radius 3 is 1.78 bits per heavy atom. The predicted molar refractivity (Wildman–Crippen MR) is 238 cm³/mol. The lowest BCUT2D eigenvalue weighted by molar-refractivity contribution is 0.669.